The molecule has 2 aromatic rings. The Morgan fingerprint density at radius 3 is 1.77 bits per heavy atom. The van der Waals surface area contributed by atoms with Crippen LogP contribution in [0.25, 0.3) is 11.1 Å². The molecule has 0 unspecified atom stereocenters. The van der Waals surface area contributed by atoms with Gasteiger partial charge in [-0.2, -0.15) is 31.6 Å². The molecule has 2 aliphatic rings. The van der Waals surface area contributed by atoms with Crippen LogP contribution in [-0.2, 0) is 14.6 Å². The van der Waals surface area contributed by atoms with E-state index in [1.165, 1.54) is 36.4 Å². The van der Waals surface area contributed by atoms with E-state index in [-0.39, 0.29) is 16.7 Å². The smallest absolute Gasteiger partial charge is 0.336 e. The van der Waals surface area contributed by atoms with Crippen molar-refractivity contribution in [3.05, 3.63) is 54.1 Å². The van der Waals surface area contributed by atoms with Gasteiger partial charge in [0.2, 0.25) is 5.91 Å². The molecular formula is C27H27F6N3O3S. The number of sulfone groups is 1. The molecule has 2 aliphatic carbocycles. The number of hydrogen-bond acceptors (Lipinski definition) is 5. The van der Waals surface area contributed by atoms with Gasteiger partial charge in [-0.25, -0.2) is 8.42 Å². The quantitative estimate of drug-likeness (QED) is 0.360. The van der Waals surface area contributed by atoms with Crippen molar-refractivity contribution in [3.8, 4) is 17.2 Å². The van der Waals surface area contributed by atoms with Gasteiger partial charge in [0.25, 0.3) is 0 Å². The van der Waals surface area contributed by atoms with Gasteiger partial charge in [-0.3, -0.25) is 10.1 Å². The number of amides is 1. The molecule has 0 aromatic heterocycles. The molecule has 2 N–H and O–H groups in total. The number of nitriles is 1. The van der Waals surface area contributed by atoms with E-state index in [9.17, 15) is 44.8 Å². The van der Waals surface area contributed by atoms with E-state index in [2.05, 4.69) is 5.32 Å². The minimum Gasteiger partial charge on any atom is -0.336 e. The largest absolute Gasteiger partial charge is 0.407 e. The molecule has 2 fully saturated rings. The maximum atomic E-state index is 14.1. The number of nitrogens with zero attached hydrogens (tertiary/aromatic N) is 1. The number of carbonyl (C=O) groups excluding carboxylic acids is 1. The monoisotopic (exact) mass is 587 g/mol. The molecule has 13 heteroatoms. The second-order valence-electron chi connectivity index (χ2n) is 10.5. The lowest BCUT2D eigenvalue weighted by molar-refractivity contribution is -0.171. The maximum Gasteiger partial charge on any atom is 0.407 e. The molecule has 4 rings (SSSR count). The lowest BCUT2D eigenvalue weighted by atomic mass is 9.88. The molecule has 40 heavy (non-hydrogen) atoms. The first-order chi connectivity index (χ1) is 18.5. The molecular weight excluding hydrogens is 560 g/mol. The van der Waals surface area contributed by atoms with E-state index in [1.807, 2.05) is 11.4 Å². The van der Waals surface area contributed by atoms with Gasteiger partial charge in [-0.05, 0) is 66.3 Å². The summed E-state index contributed by atoms with van der Waals surface area (Å²) in [5.41, 5.74) is -0.843. The van der Waals surface area contributed by atoms with E-state index in [0.29, 0.717) is 36.8 Å². The van der Waals surface area contributed by atoms with Crippen LogP contribution >= 0.6 is 0 Å². The summed E-state index contributed by atoms with van der Waals surface area (Å²) in [6, 6.07) is 7.63. The van der Waals surface area contributed by atoms with Crippen molar-refractivity contribution in [3.63, 3.8) is 0 Å². The van der Waals surface area contributed by atoms with Gasteiger partial charge in [0.05, 0.1) is 23.4 Å². The lowest BCUT2D eigenvalue weighted by Crippen LogP contribution is -2.58. The molecule has 0 saturated heterocycles. The van der Waals surface area contributed by atoms with E-state index >= 15 is 0 Å². The van der Waals surface area contributed by atoms with Crippen LogP contribution in [0.3, 0.4) is 0 Å². The zero-order valence-corrected chi connectivity index (χ0v) is 22.1. The topological polar surface area (TPSA) is 99.1 Å². The summed E-state index contributed by atoms with van der Waals surface area (Å²) in [6.45, 7) is 0. The number of halogens is 6. The van der Waals surface area contributed by atoms with Crippen LogP contribution < -0.4 is 10.6 Å². The van der Waals surface area contributed by atoms with Gasteiger partial charge >= 0.3 is 12.4 Å². The molecule has 0 heterocycles. The maximum absolute atomic E-state index is 14.1. The summed E-state index contributed by atoms with van der Waals surface area (Å²) in [7, 11) is -3.45. The van der Waals surface area contributed by atoms with Gasteiger partial charge in [0, 0.05) is 6.26 Å². The van der Waals surface area contributed by atoms with Crippen molar-refractivity contribution in [1.82, 2.24) is 10.6 Å². The van der Waals surface area contributed by atoms with Crippen LogP contribution in [0.5, 0.6) is 0 Å². The van der Waals surface area contributed by atoms with Gasteiger partial charge in [0.15, 0.2) is 9.84 Å². The van der Waals surface area contributed by atoms with E-state index in [1.54, 1.807) is 0 Å². The van der Waals surface area contributed by atoms with Gasteiger partial charge in [-0.1, -0.05) is 36.4 Å². The first kappa shape index (κ1) is 29.9. The molecule has 1 amide bonds. The van der Waals surface area contributed by atoms with Crippen LogP contribution in [0.1, 0.15) is 43.7 Å². The zero-order chi connectivity index (χ0) is 29.5. The first-order valence-electron chi connectivity index (χ1n) is 12.6. The number of hydrogen-bond donors (Lipinski definition) is 2. The number of alkyl halides is 6. The number of rotatable bonds is 10. The molecule has 216 valence electrons. The summed E-state index contributed by atoms with van der Waals surface area (Å²) >= 11 is 0. The fourth-order valence-corrected chi connectivity index (χ4v) is 5.55. The predicted octanol–water partition coefficient (Wildman–Crippen LogP) is 5.47. The predicted molar refractivity (Wildman–Crippen MR) is 133 cm³/mol. The fourth-order valence-electron chi connectivity index (χ4n) is 4.92. The van der Waals surface area contributed by atoms with Crippen LogP contribution in [0, 0.1) is 23.2 Å². The van der Waals surface area contributed by atoms with Crippen molar-refractivity contribution in [2.45, 2.75) is 67.0 Å². The second kappa shape index (κ2) is 10.7. The SMILES string of the molecule is CS(=O)(=O)c1ccc(-c2ccc([C@H](N[C@@H](CC(F)(F)F)C(=O)NC(C#N)(C3CC3)C3CC3)C(F)(F)F)cc2)cc1. The van der Waals surface area contributed by atoms with Gasteiger partial charge in [-0.15, -0.1) is 0 Å². The highest BCUT2D eigenvalue weighted by Gasteiger charge is 2.57. The highest BCUT2D eigenvalue weighted by molar-refractivity contribution is 7.90. The number of benzene rings is 2. The summed E-state index contributed by atoms with van der Waals surface area (Å²) in [4.78, 5) is 13.1. The Morgan fingerprint density at radius 1 is 0.925 bits per heavy atom. The molecule has 2 atom stereocenters. The Kier molecular flexibility index (Phi) is 7.99. The molecule has 0 bridgehead atoms. The Hall–Kier alpha value is -3.11. The summed E-state index contributed by atoms with van der Waals surface area (Å²) < 4.78 is 106. The molecule has 0 aliphatic heterocycles. The summed E-state index contributed by atoms with van der Waals surface area (Å²) in [5.74, 6) is -1.77. The third-order valence-electron chi connectivity index (χ3n) is 7.26. The Labute approximate surface area is 227 Å². The van der Waals surface area contributed by atoms with Crippen molar-refractivity contribution < 1.29 is 39.6 Å². The molecule has 0 radical (unpaired) electrons. The number of nitrogens with one attached hydrogen (secondary N) is 2. The Bertz CT molecular complexity index is 1360. The van der Waals surface area contributed by atoms with Crippen LogP contribution in [0.15, 0.2) is 53.4 Å². The standard InChI is InChI=1S/C27H27F6N3O3S/c1-40(38,39)21-12-6-17(7-13-21)16-2-4-18(5-3-16)23(27(31,32)33)35-22(14-26(28,29)30)24(37)36-25(15-34,19-8-9-19)20-10-11-20/h2-7,12-13,19-20,22-23,35H,8-11,14H2,1H3,(H,36,37)/t22-,23-/m0/s1. The zero-order valence-electron chi connectivity index (χ0n) is 21.3. The van der Waals surface area contributed by atoms with Crippen molar-refractivity contribution in [2.24, 2.45) is 11.8 Å². The van der Waals surface area contributed by atoms with Crippen molar-refractivity contribution >= 4 is 15.7 Å². The third-order valence-corrected chi connectivity index (χ3v) is 8.39. The van der Waals surface area contributed by atoms with Crippen molar-refractivity contribution in [1.29, 1.82) is 5.26 Å². The van der Waals surface area contributed by atoms with Crippen LogP contribution in [-0.4, -0.2) is 44.5 Å². The van der Waals surface area contributed by atoms with Crippen LogP contribution in [0.2, 0.25) is 0 Å². The van der Waals surface area contributed by atoms with E-state index < -0.39 is 57.7 Å². The van der Waals surface area contributed by atoms with Crippen LogP contribution in [0.4, 0.5) is 26.3 Å². The van der Waals surface area contributed by atoms with Gasteiger partial charge in [0.1, 0.15) is 11.6 Å². The average molecular weight is 588 g/mol. The molecule has 6 nitrogen and oxygen atoms in total. The fraction of sp³-hybridized carbons (Fsp3) is 0.481. The minimum absolute atomic E-state index is 0.0620. The second-order valence-corrected chi connectivity index (χ2v) is 12.5. The van der Waals surface area contributed by atoms with E-state index in [0.717, 1.165) is 18.4 Å². The summed E-state index contributed by atoms with van der Waals surface area (Å²) in [6.07, 6.45) is -8.40. The van der Waals surface area contributed by atoms with Crippen molar-refractivity contribution in [2.75, 3.05) is 6.26 Å². The Balaban J connectivity index is 1.59. The summed E-state index contributed by atoms with van der Waals surface area (Å²) in [5, 5.41) is 14.1. The number of carbonyl (C=O) groups is 1. The molecule has 0 spiro atoms. The first-order valence-corrected chi connectivity index (χ1v) is 14.5. The van der Waals surface area contributed by atoms with Gasteiger partial charge < -0.3 is 5.32 Å². The Morgan fingerprint density at radius 2 is 1.40 bits per heavy atom. The molecule has 2 saturated carbocycles. The normalized spacial score (nSPS) is 18.1. The van der Waals surface area contributed by atoms with E-state index in [4.69, 9.17) is 0 Å². The third kappa shape index (κ3) is 6.96. The highest BCUT2D eigenvalue weighted by Crippen LogP contribution is 2.52. The average Bonchev–Trinajstić information content (AvgIpc) is 3.76. The minimum atomic E-state index is -5.05. The molecule has 2 aromatic carbocycles. The lowest BCUT2D eigenvalue weighted by Gasteiger charge is -2.33. The highest BCUT2D eigenvalue weighted by atomic mass is 32.2.